The van der Waals surface area contributed by atoms with Crippen molar-refractivity contribution in [2.45, 2.75) is 31.9 Å². The predicted octanol–water partition coefficient (Wildman–Crippen LogP) is 0.115. The molecule has 0 bridgehead atoms. The van der Waals surface area contributed by atoms with E-state index < -0.39 is 12.1 Å². The number of hydrogen-bond donors (Lipinski definition) is 3. The minimum atomic E-state index is -1.05. The monoisotopic (exact) mass is 173 g/mol. The maximum Gasteiger partial charge on any atom is 0.328 e. The van der Waals surface area contributed by atoms with Crippen LogP contribution in [0.25, 0.3) is 0 Å². The van der Waals surface area contributed by atoms with E-state index in [1.54, 1.807) is 0 Å². The maximum absolute atomic E-state index is 10.0. The van der Waals surface area contributed by atoms with Crippen molar-refractivity contribution in [3.63, 3.8) is 0 Å². The quantitative estimate of drug-likeness (QED) is 0.515. The molecule has 0 aromatic heterocycles. The Morgan fingerprint density at radius 2 is 2.17 bits per heavy atom. The molecule has 4 N–H and O–H groups in total. The van der Waals surface area contributed by atoms with Gasteiger partial charge in [0.15, 0.2) is 0 Å². The van der Waals surface area contributed by atoms with Gasteiger partial charge in [0, 0.05) is 12.1 Å². The second-order valence-corrected chi connectivity index (χ2v) is 2.82. The summed E-state index contributed by atoms with van der Waals surface area (Å²) in [5.41, 5.74) is 5.45. The number of carbonyl (C=O) groups is 1. The zero-order chi connectivity index (χ0) is 9.56. The largest absolute Gasteiger partial charge is 0.478 e. The maximum atomic E-state index is 10.0. The van der Waals surface area contributed by atoms with Gasteiger partial charge in [-0.25, -0.2) is 4.79 Å². The highest BCUT2D eigenvalue weighted by atomic mass is 16.4. The zero-order valence-electron chi connectivity index (χ0n) is 7.10. The van der Waals surface area contributed by atoms with E-state index in [0.717, 1.165) is 6.08 Å². The molecule has 2 unspecified atom stereocenters. The molecule has 0 spiro atoms. The van der Waals surface area contributed by atoms with Gasteiger partial charge >= 0.3 is 5.97 Å². The van der Waals surface area contributed by atoms with Crippen LogP contribution in [-0.4, -0.2) is 28.3 Å². The molecule has 12 heavy (non-hydrogen) atoms. The van der Waals surface area contributed by atoms with Crippen molar-refractivity contribution in [1.82, 2.24) is 0 Å². The number of aliphatic carboxylic acids is 1. The zero-order valence-corrected chi connectivity index (χ0v) is 7.10. The van der Waals surface area contributed by atoms with Gasteiger partial charge in [0.1, 0.15) is 0 Å². The Morgan fingerprint density at radius 1 is 1.58 bits per heavy atom. The number of carboxylic acid groups (broad SMARTS) is 1. The first kappa shape index (κ1) is 11.1. The van der Waals surface area contributed by atoms with Crippen LogP contribution in [0.15, 0.2) is 12.2 Å². The lowest BCUT2D eigenvalue weighted by molar-refractivity contribution is -0.131. The molecule has 4 heteroatoms. The van der Waals surface area contributed by atoms with E-state index in [1.807, 2.05) is 6.92 Å². The van der Waals surface area contributed by atoms with E-state index in [2.05, 4.69) is 0 Å². The normalized spacial score (nSPS) is 16.2. The summed E-state index contributed by atoms with van der Waals surface area (Å²) in [6.07, 6.45) is 2.68. The van der Waals surface area contributed by atoms with Crippen LogP contribution in [0, 0.1) is 0 Å². The first-order valence-corrected chi connectivity index (χ1v) is 3.87. The summed E-state index contributed by atoms with van der Waals surface area (Å²) in [6.45, 7) is 1.84. The Labute approximate surface area is 71.7 Å². The van der Waals surface area contributed by atoms with E-state index in [4.69, 9.17) is 15.9 Å². The standard InChI is InChI=1S/C8H15NO3/c1-6(9)2-3-7(10)4-5-8(11)12/h4-7,10H,2-3,9H2,1H3,(H,11,12). The van der Waals surface area contributed by atoms with Gasteiger partial charge in [0.05, 0.1) is 6.10 Å². The minimum absolute atomic E-state index is 0.0397. The number of aliphatic hydroxyl groups excluding tert-OH is 1. The fourth-order valence-electron chi connectivity index (χ4n) is 0.723. The van der Waals surface area contributed by atoms with Crippen molar-refractivity contribution >= 4 is 5.97 Å². The van der Waals surface area contributed by atoms with Crippen LogP contribution in [0.1, 0.15) is 19.8 Å². The van der Waals surface area contributed by atoms with Crippen molar-refractivity contribution < 1.29 is 15.0 Å². The average molecular weight is 173 g/mol. The smallest absolute Gasteiger partial charge is 0.328 e. The van der Waals surface area contributed by atoms with Crippen molar-refractivity contribution in [2.24, 2.45) is 5.73 Å². The molecule has 0 saturated heterocycles. The molecule has 0 amide bonds. The van der Waals surface area contributed by atoms with E-state index in [0.29, 0.717) is 12.8 Å². The molecule has 0 fully saturated rings. The molecule has 4 nitrogen and oxygen atoms in total. The molecular weight excluding hydrogens is 158 g/mol. The second kappa shape index (κ2) is 5.74. The van der Waals surface area contributed by atoms with Crippen LogP contribution < -0.4 is 5.73 Å². The molecule has 2 atom stereocenters. The summed E-state index contributed by atoms with van der Waals surface area (Å²) in [6, 6.07) is 0.0397. The molecule has 70 valence electrons. The van der Waals surface area contributed by atoms with Crippen molar-refractivity contribution in [2.75, 3.05) is 0 Å². The lowest BCUT2D eigenvalue weighted by Gasteiger charge is -2.06. The first-order valence-electron chi connectivity index (χ1n) is 3.87. The Hall–Kier alpha value is -0.870. The van der Waals surface area contributed by atoms with Gasteiger partial charge in [-0.2, -0.15) is 0 Å². The lowest BCUT2D eigenvalue weighted by atomic mass is 10.1. The fraction of sp³-hybridized carbons (Fsp3) is 0.625. The topological polar surface area (TPSA) is 83.5 Å². The number of hydrogen-bond acceptors (Lipinski definition) is 3. The molecule has 0 aliphatic rings. The van der Waals surface area contributed by atoms with Crippen molar-refractivity contribution in [1.29, 1.82) is 0 Å². The minimum Gasteiger partial charge on any atom is -0.478 e. The summed E-state index contributed by atoms with van der Waals surface area (Å²) < 4.78 is 0. The molecular formula is C8H15NO3. The van der Waals surface area contributed by atoms with Crippen LogP contribution in [0.3, 0.4) is 0 Å². The molecule has 0 aromatic carbocycles. The summed E-state index contributed by atoms with van der Waals surface area (Å²) in [5, 5.41) is 17.4. The van der Waals surface area contributed by atoms with Gasteiger partial charge < -0.3 is 15.9 Å². The number of carboxylic acids is 1. The summed E-state index contributed by atoms with van der Waals surface area (Å²) in [5.74, 6) is -1.05. The number of aliphatic hydroxyl groups is 1. The summed E-state index contributed by atoms with van der Waals surface area (Å²) >= 11 is 0. The average Bonchev–Trinajstić information content (AvgIpc) is 1.96. The Kier molecular flexibility index (Phi) is 5.32. The van der Waals surface area contributed by atoms with Crippen LogP contribution in [0.2, 0.25) is 0 Å². The number of rotatable bonds is 5. The lowest BCUT2D eigenvalue weighted by Crippen LogP contribution is -2.17. The molecule has 0 heterocycles. The molecule has 0 radical (unpaired) electrons. The van der Waals surface area contributed by atoms with Crippen LogP contribution in [0.5, 0.6) is 0 Å². The third-order valence-corrected chi connectivity index (χ3v) is 1.38. The van der Waals surface area contributed by atoms with Gasteiger partial charge in [-0.3, -0.25) is 0 Å². The molecule has 0 aliphatic carbocycles. The van der Waals surface area contributed by atoms with E-state index >= 15 is 0 Å². The molecule has 0 aliphatic heterocycles. The van der Waals surface area contributed by atoms with Crippen LogP contribution in [0.4, 0.5) is 0 Å². The van der Waals surface area contributed by atoms with E-state index in [-0.39, 0.29) is 6.04 Å². The summed E-state index contributed by atoms with van der Waals surface area (Å²) in [7, 11) is 0. The Morgan fingerprint density at radius 3 is 2.58 bits per heavy atom. The van der Waals surface area contributed by atoms with Crippen molar-refractivity contribution in [3.05, 3.63) is 12.2 Å². The van der Waals surface area contributed by atoms with Gasteiger partial charge in [0.25, 0.3) is 0 Å². The van der Waals surface area contributed by atoms with E-state index in [9.17, 15) is 4.79 Å². The van der Waals surface area contributed by atoms with Gasteiger partial charge in [0.2, 0.25) is 0 Å². The SMILES string of the molecule is CC(N)CCC(O)C=CC(=O)O. The van der Waals surface area contributed by atoms with Gasteiger partial charge in [-0.1, -0.05) is 0 Å². The molecule has 0 rings (SSSR count). The van der Waals surface area contributed by atoms with Gasteiger partial charge in [-0.15, -0.1) is 0 Å². The Balaban J connectivity index is 3.59. The first-order chi connectivity index (χ1) is 5.52. The third kappa shape index (κ3) is 7.24. The third-order valence-electron chi connectivity index (χ3n) is 1.38. The Bertz CT molecular complexity index is 166. The van der Waals surface area contributed by atoms with Crippen LogP contribution >= 0.6 is 0 Å². The van der Waals surface area contributed by atoms with Gasteiger partial charge in [-0.05, 0) is 25.8 Å². The highest BCUT2D eigenvalue weighted by molar-refractivity contribution is 5.79. The number of nitrogens with two attached hydrogens (primary N) is 1. The van der Waals surface area contributed by atoms with E-state index in [1.165, 1.54) is 6.08 Å². The molecule has 0 aromatic rings. The highest BCUT2D eigenvalue weighted by Crippen LogP contribution is 2.00. The highest BCUT2D eigenvalue weighted by Gasteiger charge is 2.01. The predicted molar refractivity (Wildman–Crippen MR) is 45.7 cm³/mol. The summed E-state index contributed by atoms with van der Waals surface area (Å²) in [4.78, 5) is 10.0. The molecule has 0 saturated carbocycles. The second-order valence-electron chi connectivity index (χ2n) is 2.82. The fourth-order valence-corrected chi connectivity index (χ4v) is 0.723. The van der Waals surface area contributed by atoms with Crippen molar-refractivity contribution in [3.8, 4) is 0 Å². The van der Waals surface area contributed by atoms with Crippen LogP contribution in [-0.2, 0) is 4.79 Å².